The van der Waals surface area contributed by atoms with Crippen LogP contribution in [0.5, 0.6) is 5.75 Å². The number of H-pyrrole nitrogens is 1. The molecule has 0 saturated carbocycles. The second-order valence-corrected chi connectivity index (χ2v) is 6.08. The van der Waals surface area contributed by atoms with Crippen molar-refractivity contribution in [2.45, 2.75) is 19.6 Å². The zero-order valence-corrected chi connectivity index (χ0v) is 14.5. The van der Waals surface area contributed by atoms with Crippen LogP contribution in [-0.2, 0) is 19.6 Å². The maximum atomic E-state index is 12.4. The van der Waals surface area contributed by atoms with Crippen molar-refractivity contribution in [1.29, 1.82) is 0 Å². The Hall–Kier alpha value is -3.13. The van der Waals surface area contributed by atoms with Crippen molar-refractivity contribution in [3.05, 3.63) is 53.5 Å². The minimum atomic E-state index is -0.220. The summed E-state index contributed by atoms with van der Waals surface area (Å²) in [6.07, 6.45) is 0. The van der Waals surface area contributed by atoms with E-state index in [2.05, 4.69) is 25.9 Å². The van der Waals surface area contributed by atoms with E-state index in [1.807, 2.05) is 35.0 Å². The molecular weight excluding hydrogens is 332 g/mol. The van der Waals surface area contributed by atoms with Gasteiger partial charge in [0.25, 0.3) is 5.91 Å². The van der Waals surface area contributed by atoms with Crippen LogP contribution in [0.15, 0.2) is 36.4 Å². The summed E-state index contributed by atoms with van der Waals surface area (Å²) in [7, 11) is 1.61. The largest absolute Gasteiger partial charge is 0.496 e. The van der Waals surface area contributed by atoms with Gasteiger partial charge in [0.15, 0.2) is 0 Å². The molecule has 4 rings (SSSR count). The van der Waals surface area contributed by atoms with Crippen LogP contribution in [0.25, 0.3) is 11.3 Å². The number of aromatic nitrogens is 4. The molecule has 0 spiro atoms. The number of ether oxygens (including phenoxy) is 1. The molecule has 8 heteroatoms. The van der Waals surface area contributed by atoms with Crippen LogP contribution in [0.1, 0.15) is 21.9 Å². The van der Waals surface area contributed by atoms with Crippen LogP contribution in [-0.4, -0.2) is 39.5 Å². The fourth-order valence-electron chi connectivity index (χ4n) is 3.04. The molecule has 0 aliphatic carbocycles. The van der Waals surface area contributed by atoms with Gasteiger partial charge in [-0.2, -0.15) is 10.2 Å². The van der Waals surface area contributed by atoms with Gasteiger partial charge < -0.3 is 15.4 Å². The molecule has 3 heterocycles. The first kappa shape index (κ1) is 16.3. The smallest absolute Gasteiger partial charge is 0.269 e. The second-order valence-electron chi connectivity index (χ2n) is 6.08. The molecule has 1 aromatic carbocycles. The normalized spacial score (nSPS) is 13.3. The van der Waals surface area contributed by atoms with Gasteiger partial charge in [0.2, 0.25) is 0 Å². The highest BCUT2D eigenvalue weighted by atomic mass is 16.5. The Morgan fingerprint density at radius 2 is 2.23 bits per heavy atom. The van der Waals surface area contributed by atoms with Gasteiger partial charge in [-0.15, -0.1) is 0 Å². The molecule has 3 aromatic rings. The van der Waals surface area contributed by atoms with E-state index >= 15 is 0 Å². The van der Waals surface area contributed by atoms with Gasteiger partial charge in [-0.05, 0) is 24.3 Å². The summed E-state index contributed by atoms with van der Waals surface area (Å²) in [6, 6.07) is 11.3. The third-order valence-electron chi connectivity index (χ3n) is 4.36. The molecule has 0 unspecified atom stereocenters. The number of nitrogens with zero attached hydrogens (tertiary/aromatic N) is 3. The Balaban J connectivity index is 1.44. The van der Waals surface area contributed by atoms with Crippen molar-refractivity contribution in [3.63, 3.8) is 0 Å². The minimum Gasteiger partial charge on any atom is -0.496 e. The number of nitrogens with one attached hydrogen (secondary N) is 3. The monoisotopic (exact) mass is 352 g/mol. The fraction of sp³-hybridized carbons (Fsp3) is 0.278. The van der Waals surface area contributed by atoms with E-state index < -0.39 is 0 Å². The van der Waals surface area contributed by atoms with Gasteiger partial charge in [0, 0.05) is 18.7 Å². The van der Waals surface area contributed by atoms with E-state index in [4.69, 9.17) is 4.74 Å². The number of para-hydroxylation sites is 1. The Morgan fingerprint density at radius 3 is 3.08 bits per heavy atom. The molecular formula is C18H20N6O2. The number of amides is 1. The lowest BCUT2D eigenvalue weighted by molar-refractivity contribution is 0.0945. The second kappa shape index (κ2) is 7.01. The topological polar surface area (TPSA) is 96.9 Å². The van der Waals surface area contributed by atoms with Crippen LogP contribution >= 0.6 is 0 Å². The fourth-order valence-corrected chi connectivity index (χ4v) is 3.04. The molecule has 1 aliphatic rings. The van der Waals surface area contributed by atoms with Crippen molar-refractivity contribution < 1.29 is 9.53 Å². The zero-order chi connectivity index (χ0) is 17.9. The van der Waals surface area contributed by atoms with E-state index in [-0.39, 0.29) is 5.91 Å². The van der Waals surface area contributed by atoms with E-state index in [9.17, 15) is 4.79 Å². The first-order chi connectivity index (χ1) is 12.7. The molecule has 0 saturated heterocycles. The molecule has 134 valence electrons. The van der Waals surface area contributed by atoms with Gasteiger partial charge in [0.1, 0.15) is 11.4 Å². The summed E-state index contributed by atoms with van der Waals surface area (Å²) in [5, 5.41) is 17.7. The summed E-state index contributed by atoms with van der Waals surface area (Å²) in [5.41, 5.74) is 3.88. The van der Waals surface area contributed by atoms with Crippen LogP contribution < -0.4 is 15.4 Å². The van der Waals surface area contributed by atoms with E-state index in [0.717, 1.165) is 36.6 Å². The Bertz CT molecular complexity index is 906. The number of carbonyl (C=O) groups excluding carboxylic acids is 1. The van der Waals surface area contributed by atoms with Gasteiger partial charge in [-0.1, -0.05) is 12.1 Å². The Kier molecular flexibility index (Phi) is 4.40. The third-order valence-corrected chi connectivity index (χ3v) is 4.36. The van der Waals surface area contributed by atoms with Crippen molar-refractivity contribution in [2.75, 3.05) is 13.7 Å². The molecule has 0 radical (unpaired) electrons. The van der Waals surface area contributed by atoms with Crippen molar-refractivity contribution in [1.82, 2.24) is 30.6 Å². The summed E-state index contributed by atoms with van der Waals surface area (Å²) >= 11 is 0. The highest BCUT2D eigenvalue weighted by Gasteiger charge is 2.15. The lowest BCUT2D eigenvalue weighted by atomic mass is 10.1. The predicted octanol–water partition coefficient (Wildman–Crippen LogP) is 1.31. The standard InChI is InChI=1S/C18H20N6O2/c1-26-17-5-3-2-4-14(17)15-9-16(22-21-15)18(25)20-10-12-8-13-11-19-6-7-24(13)23-12/h2-5,8-9,19H,6-7,10-11H2,1H3,(H,20,25)(H,21,22). The number of methoxy groups -OCH3 is 1. The number of hydrogen-bond donors (Lipinski definition) is 3. The van der Waals surface area contributed by atoms with E-state index in [0.29, 0.717) is 23.7 Å². The number of rotatable bonds is 5. The SMILES string of the molecule is COc1ccccc1-c1cc(C(=O)NCc2cc3n(n2)CCNC3)[nH]n1. The number of hydrogen-bond acceptors (Lipinski definition) is 5. The van der Waals surface area contributed by atoms with Gasteiger partial charge >= 0.3 is 0 Å². The summed E-state index contributed by atoms with van der Waals surface area (Å²) in [6.45, 7) is 2.96. The van der Waals surface area contributed by atoms with Crippen LogP contribution in [0.4, 0.5) is 0 Å². The highest BCUT2D eigenvalue weighted by molar-refractivity contribution is 5.93. The summed E-state index contributed by atoms with van der Waals surface area (Å²) in [4.78, 5) is 12.4. The number of aromatic amines is 1. The molecule has 0 atom stereocenters. The van der Waals surface area contributed by atoms with Crippen LogP contribution in [0.3, 0.4) is 0 Å². The molecule has 0 fully saturated rings. The van der Waals surface area contributed by atoms with Crippen LogP contribution in [0.2, 0.25) is 0 Å². The first-order valence-corrected chi connectivity index (χ1v) is 8.48. The minimum absolute atomic E-state index is 0.220. The lowest BCUT2D eigenvalue weighted by Gasteiger charge is -2.13. The number of carbonyl (C=O) groups is 1. The van der Waals surface area contributed by atoms with Crippen LogP contribution in [0, 0.1) is 0 Å². The Labute approximate surface area is 150 Å². The van der Waals surface area contributed by atoms with Gasteiger partial charge in [-0.25, -0.2) is 0 Å². The number of fused-ring (bicyclic) bond motifs is 1. The average molecular weight is 352 g/mol. The van der Waals surface area contributed by atoms with E-state index in [1.54, 1.807) is 13.2 Å². The van der Waals surface area contributed by atoms with E-state index in [1.165, 1.54) is 0 Å². The zero-order valence-electron chi connectivity index (χ0n) is 14.5. The molecule has 26 heavy (non-hydrogen) atoms. The third kappa shape index (κ3) is 3.18. The van der Waals surface area contributed by atoms with Crippen molar-refractivity contribution in [3.8, 4) is 17.0 Å². The molecule has 2 aromatic heterocycles. The van der Waals surface area contributed by atoms with Crippen molar-refractivity contribution >= 4 is 5.91 Å². The summed E-state index contributed by atoms with van der Waals surface area (Å²) in [5.74, 6) is 0.492. The predicted molar refractivity (Wildman–Crippen MR) is 95.7 cm³/mol. The lowest BCUT2D eigenvalue weighted by Crippen LogP contribution is -2.28. The number of benzene rings is 1. The quantitative estimate of drug-likeness (QED) is 0.643. The molecule has 1 aliphatic heterocycles. The average Bonchev–Trinajstić information content (AvgIpc) is 3.33. The molecule has 0 bridgehead atoms. The first-order valence-electron chi connectivity index (χ1n) is 8.48. The maximum Gasteiger partial charge on any atom is 0.269 e. The van der Waals surface area contributed by atoms with Gasteiger partial charge in [-0.3, -0.25) is 14.6 Å². The maximum absolute atomic E-state index is 12.4. The molecule has 3 N–H and O–H groups in total. The van der Waals surface area contributed by atoms with Crippen molar-refractivity contribution in [2.24, 2.45) is 0 Å². The Morgan fingerprint density at radius 1 is 1.35 bits per heavy atom. The highest BCUT2D eigenvalue weighted by Crippen LogP contribution is 2.28. The molecule has 1 amide bonds. The summed E-state index contributed by atoms with van der Waals surface area (Å²) < 4.78 is 7.32. The molecule has 8 nitrogen and oxygen atoms in total. The van der Waals surface area contributed by atoms with Gasteiger partial charge in [0.05, 0.1) is 37.3 Å².